The first-order valence-electron chi connectivity index (χ1n) is 7.03. The van der Waals surface area contributed by atoms with Crippen LogP contribution >= 0.6 is 0 Å². The summed E-state index contributed by atoms with van der Waals surface area (Å²) in [5, 5.41) is 4.59. The van der Waals surface area contributed by atoms with Crippen molar-refractivity contribution >= 4 is 10.9 Å². The van der Waals surface area contributed by atoms with Crippen LogP contribution in [0.25, 0.3) is 22.0 Å². The van der Waals surface area contributed by atoms with Crippen LogP contribution in [0, 0.1) is 0 Å². The van der Waals surface area contributed by atoms with Crippen LogP contribution in [0.5, 0.6) is 0 Å². The molecule has 2 heteroatoms. The Morgan fingerprint density at radius 1 is 0.900 bits per heavy atom. The molecule has 0 saturated heterocycles. The zero-order chi connectivity index (χ0) is 13.8. The van der Waals surface area contributed by atoms with E-state index in [-0.39, 0.29) is 0 Å². The molecular formula is C18H18N2. The zero-order valence-corrected chi connectivity index (χ0v) is 11.6. The van der Waals surface area contributed by atoms with E-state index in [1.807, 2.05) is 12.3 Å². The van der Waals surface area contributed by atoms with Crippen molar-refractivity contribution in [3.05, 3.63) is 66.4 Å². The van der Waals surface area contributed by atoms with Crippen molar-refractivity contribution in [2.24, 2.45) is 0 Å². The van der Waals surface area contributed by atoms with Gasteiger partial charge in [0.2, 0.25) is 0 Å². The van der Waals surface area contributed by atoms with Crippen LogP contribution in [0.1, 0.15) is 12.5 Å². The molecule has 2 aromatic carbocycles. The van der Waals surface area contributed by atoms with Crippen LogP contribution < -0.4 is 5.32 Å². The van der Waals surface area contributed by atoms with E-state index >= 15 is 0 Å². The second-order valence-electron chi connectivity index (χ2n) is 4.82. The number of benzene rings is 2. The lowest BCUT2D eigenvalue weighted by Crippen LogP contribution is -2.12. The van der Waals surface area contributed by atoms with Crippen LogP contribution in [0.15, 0.2) is 60.8 Å². The maximum absolute atomic E-state index is 4.56. The van der Waals surface area contributed by atoms with E-state index in [4.69, 9.17) is 0 Å². The molecule has 3 rings (SSSR count). The van der Waals surface area contributed by atoms with Gasteiger partial charge in [-0.15, -0.1) is 0 Å². The summed E-state index contributed by atoms with van der Waals surface area (Å²) < 4.78 is 0. The fraction of sp³-hybridized carbons (Fsp3) is 0.167. The van der Waals surface area contributed by atoms with Gasteiger partial charge in [-0.1, -0.05) is 55.5 Å². The van der Waals surface area contributed by atoms with Crippen molar-refractivity contribution < 1.29 is 0 Å². The smallest absolute Gasteiger partial charge is 0.0780 e. The summed E-state index contributed by atoms with van der Waals surface area (Å²) in [4.78, 5) is 4.56. The molecule has 0 amide bonds. The largest absolute Gasteiger partial charge is 0.313 e. The first-order valence-corrected chi connectivity index (χ1v) is 7.03. The number of pyridine rings is 1. The topological polar surface area (TPSA) is 24.9 Å². The minimum Gasteiger partial charge on any atom is -0.313 e. The Kier molecular flexibility index (Phi) is 3.75. The highest BCUT2D eigenvalue weighted by Crippen LogP contribution is 2.29. The molecule has 20 heavy (non-hydrogen) atoms. The normalized spacial score (nSPS) is 10.8. The number of hydrogen-bond acceptors (Lipinski definition) is 2. The molecule has 0 aliphatic carbocycles. The van der Waals surface area contributed by atoms with Gasteiger partial charge in [-0.3, -0.25) is 4.98 Å². The predicted octanol–water partition coefficient (Wildman–Crippen LogP) is 4.01. The third-order valence-electron chi connectivity index (χ3n) is 3.51. The van der Waals surface area contributed by atoms with Crippen LogP contribution in [-0.4, -0.2) is 11.5 Å². The molecule has 2 nitrogen and oxygen atoms in total. The molecule has 0 unspecified atom stereocenters. The van der Waals surface area contributed by atoms with E-state index < -0.39 is 0 Å². The number of nitrogens with one attached hydrogen (secondary N) is 1. The quantitative estimate of drug-likeness (QED) is 0.768. The summed E-state index contributed by atoms with van der Waals surface area (Å²) in [5.41, 5.74) is 4.85. The van der Waals surface area contributed by atoms with Gasteiger partial charge in [-0.2, -0.15) is 0 Å². The van der Waals surface area contributed by atoms with E-state index in [1.54, 1.807) is 0 Å². The Labute approximate surface area is 119 Å². The number of aromatic nitrogens is 1. The van der Waals surface area contributed by atoms with E-state index in [1.165, 1.54) is 22.1 Å². The number of nitrogens with zero attached hydrogens (tertiary/aromatic N) is 1. The Morgan fingerprint density at radius 3 is 2.60 bits per heavy atom. The van der Waals surface area contributed by atoms with Crippen LogP contribution in [0.2, 0.25) is 0 Å². The van der Waals surface area contributed by atoms with E-state index in [2.05, 4.69) is 65.8 Å². The highest BCUT2D eigenvalue weighted by molar-refractivity contribution is 5.94. The molecule has 3 aromatic rings. The average molecular weight is 262 g/mol. The maximum atomic E-state index is 4.56. The van der Waals surface area contributed by atoms with Crippen LogP contribution in [-0.2, 0) is 6.54 Å². The van der Waals surface area contributed by atoms with E-state index in [0.717, 1.165) is 18.6 Å². The molecule has 0 spiro atoms. The molecule has 0 atom stereocenters. The SMILES string of the molecule is CCNCc1ccccc1-c1cccc2cccnc12. The first-order chi connectivity index (χ1) is 9.90. The number of fused-ring (bicyclic) bond motifs is 1. The molecule has 0 bridgehead atoms. The molecule has 0 aliphatic heterocycles. The van der Waals surface area contributed by atoms with Crippen molar-refractivity contribution in [1.29, 1.82) is 0 Å². The first kappa shape index (κ1) is 12.8. The van der Waals surface area contributed by atoms with Gasteiger partial charge < -0.3 is 5.32 Å². The van der Waals surface area contributed by atoms with Crippen molar-refractivity contribution in [2.75, 3.05) is 6.54 Å². The third-order valence-corrected chi connectivity index (χ3v) is 3.51. The average Bonchev–Trinajstić information content (AvgIpc) is 2.53. The summed E-state index contributed by atoms with van der Waals surface area (Å²) >= 11 is 0. The summed E-state index contributed by atoms with van der Waals surface area (Å²) in [5.74, 6) is 0. The molecule has 0 fully saturated rings. The van der Waals surface area contributed by atoms with Gasteiger partial charge in [-0.25, -0.2) is 0 Å². The number of rotatable bonds is 4. The Morgan fingerprint density at radius 2 is 1.70 bits per heavy atom. The van der Waals surface area contributed by atoms with Crippen molar-refractivity contribution in [3.8, 4) is 11.1 Å². The van der Waals surface area contributed by atoms with Crippen molar-refractivity contribution in [1.82, 2.24) is 10.3 Å². The minimum absolute atomic E-state index is 0.885. The fourth-order valence-electron chi connectivity index (χ4n) is 2.52. The summed E-state index contributed by atoms with van der Waals surface area (Å²) in [6, 6.07) is 19.0. The second kappa shape index (κ2) is 5.85. The van der Waals surface area contributed by atoms with Gasteiger partial charge in [0.05, 0.1) is 5.52 Å². The number of hydrogen-bond donors (Lipinski definition) is 1. The molecule has 100 valence electrons. The molecule has 0 saturated carbocycles. The Bertz CT molecular complexity index is 714. The third kappa shape index (κ3) is 2.43. The van der Waals surface area contributed by atoms with Crippen molar-refractivity contribution in [3.63, 3.8) is 0 Å². The number of para-hydroxylation sites is 1. The van der Waals surface area contributed by atoms with Crippen LogP contribution in [0.4, 0.5) is 0 Å². The second-order valence-corrected chi connectivity index (χ2v) is 4.82. The summed E-state index contributed by atoms with van der Waals surface area (Å²) in [6.07, 6.45) is 1.86. The Hall–Kier alpha value is -2.19. The molecule has 1 aromatic heterocycles. The summed E-state index contributed by atoms with van der Waals surface area (Å²) in [7, 11) is 0. The molecule has 1 heterocycles. The zero-order valence-electron chi connectivity index (χ0n) is 11.6. The fourth-order valence-corrected chi connectivity index (χ4v) is 2.52. The minimum atomic E-state index is 0.885. The van der Waals surface area contributed by atoms with E-state index in [9.17, 15) is 0 Å². The molecule has 1 N–H and O–H groups in total. The van der Waals surface area contributed by atoms with Gasteiger partial charge in [0, 0.05) is 23.7 Å². The summed E-state index contributed by atoms with van der Waals surface area (Å²) in [6.45, 7) is 3.99. The molecular weight excluding hydrogens is 244 g/mol. The van der Waals surface area contributed by atoms with Gasteiger partial charge in [-0.05, 0) is 23.7 Å². The Balaban J connectivity index is 2.16. The predicted molar refractivity (Wildman–Crippen MR) is 84.6 cm³/mol. The lowest BCUT2D eigenvalue weighted by atomic mass is 9.97. The van der Waals surface area contributed by atoms with Crippen LogP contribution in [0.3, 0.4) is 0 Å². The molecule has 0 radical (unpaired) electrons. The maximum Gasteiger partial charge on any atom is 0.0780 e. The lowest BCUT2D eigenvalue weighted by molar-refractivity contribution is 0.728. The van der Waals surface area contributed by atoms with Crippen molar-refractivity contribution in [2.45, 2.75) is 13.5 Å². The van der Waals surface area contributed by atoms with E-state index in [0.29, 0.717) is 0 Å². The monoisotopic (exact) mass is 262 g/mol. The van der Waals surface area contributed by atoms with Gasteiger partial charge in [0.15, 0.2) is 0 Å². The molecule has 0 aliphatic rings. The van der Waals surface area contributed by atoms with Gasteiger partial charge >= 0.3 is 0 Å². The highest BCUT2D eigenvalue weighted by atomic mass is 14.8. The van der Waals surface area contributed by atoms with Gasteiger partial charge in [0.25, 0.3) is 0 Å². The van der Waals surface area contributed by atoms with Gasteiger partial charge in [0.1, 0.15) is 0 Å². The lowest BCUT2D eigenvalue weighted by Gasteiger charge is -2.12. The standard InChI is InChI=1S/C18H18N2/c1-2-19-13-15-7-3-4-10-16(15)17-11-5-8-14-9-6-12-20-18(14)17/h3-12,19H,2,13H2,1H3. The highest BCUT2D eigenvalue weighted by Gasteiger charge is 2.08.